The molecule has 26 heavy (non-hydrogen) atoms. The Labute approximate surface area is 158 Å². The van der Waals surface area contributed by atoms with Crippen molar-refractivity contribution in [2.75, 3.05) is 11.5 Å². The van der Waals surface area contributed by atoms with Crippen molar-refractivity contribution in [3.63, 3.8) is 0 Å². The van der Waals surface area contributed by atoms with Crippen LogP contribution < -0.4 is 5.32 Å². The minimum atomic E-state index is -0.804. The summed E-state index contributed by atoms with van der Waals surface area (Å²) in [5.41, 5.74) is 0.166. The molecule has 1 N–H and O–H groups in total. The maximum absolute atomic E-state index is 12.2. The Balaban J connectivity index is 2.91. The Morgan fingerprint density at radius 1 is 1.31 bits per heavy atom. The van der Waals surface area contributed by atoms with Gasteiger partial charge in [0.15, 0.2) is 0 Å². The lowest BCUT2D eigenvalue weighted by Crippen LogP contribution is -2.32. The van der Waals surface area contributed by atoms with E-state index in [1.807, 2.05) is 0 Å². The molecule has 8 heteroatoms. The van der Waals surface area contributed by atoms with Gasteiger partial charge in [0.2, 0.25) is 5.91 Å². The van der Waals surface area contributed by atoms with Crippen LogP contribution in [0.25, 0.3) is 0 Å². The summed E-state index contributed by atoms with van der Waals surface area (Å²) in [6.45, 7) is 5.52. The molecule has 0 saturated carbocycles. The molecule has 1 aromatic carbocycles. The maximum Gasteiger partial charge on any atom is 0.308 e. The second-order valence-corrected chi connectivity index (χ2v) is 7.19. The van der Waals surface area contributed by atoms with Gasteiger partial charge >= 0.3 is 5.97 Å². The van der Waals surface area contributed by atoms with Crippen molar-refractivity contribution in [3.8, 4) is 0 Å². The number of carbonyl (C=O) groups excluding carboxylic acids is 2. The monoisotopic (exact) mass is 382 g/mol. The van der Waals surface area contributed by atoms with Crippen LogP contribution in [0, 0.1) is 10.1 Å². The van der Waals surface area contributed by atoms with Gasteiger partial charge in [0.05, 0.1) is 34.8 Å². The molecule has 0 saturated heterocycles. The fraction of sp³-hybridized carbons (Fsp3) is 0.556. The van der Waals surface area contributed by atoms with Gasteiger partial charge in [-0.1, -0.05) is 31.5 Å². The first-order valence-electron chi connectivity index (χ1n) is 8.65. The van der Waals surface area contributed by atoms with Gasteiger partial charge in [-0.2, -0.15) is 11.8 Å². The lowest BCUT2D eigenvalue weighted by Gasteiger charge is -2.19. The molecule has 0 aliphatic carbocycles. The molecule has 0 aliphatic rings. The number of amides is 1. The number of nitrogens with zero attached hydrogens (tertiary/aromatic N) is 1. The number of para-hydroxylation sites is 1. The number of nitro groups is 1. The molecule has 0 aromatic heterocycles. The molecule has 0 fully saturated rings. The van der Waals surface area contributed by atoms with E-state index in [0.717, 1.165) is 18.6 Å². The Bertz CT molecular complexity index is 621. The van der Waals surface area contributed by atoms with Crippen LogP contribution in [0.5, 0.6) is 0 Å². The zero-order chi connectivity index (χ0) is 19.5. The van der Waals surface area contributed by atoms with Gasteiger partial charge in [0.25, 0.3) is 5.69 Å². The molecule has 1 aromatic rings. The van der Waals surface area contributed by atoms with E-state index in [0.29, 0.717) is 5.56 Å². The van der Waals surface area contributed by atoms with Crippen molar-refractivity contribution in [2.24, 2.45) is 0 Å². The van der Waals surface area contributed by atoms with Crippen LogP contribution in [0.15, 0.2) is 24.3 Å². The van der Waals surface area contributed by atoms with Crippen LogP contribution in [0.3, 0.4) is 0 Å². The number of unbranched alkanes of at least 4 members (excludes halogenated alkanes) is 1. The van der Waals surface area contributed by atoms with Gasteiger partial charge < -0.3 is 10.1 Å². The van der Waals surface area contributed by atoms with Crippen molar-refractivity contribution < 1.29 is 19.2 Å². The fourth-order valence-corrected chi connectivity index (χ4v) is 3.22. The highest BCUT2D eigenvalue weighted by Crippen LogP contribution is 2.27. The standard InChI is InChI=1S/C18H26N2O5S/c1-4-5-10-26-12-17(21)19-15(11-18(22)25-13(2)3)14-8-6-7-9-16(14)20(23)24/h6-9,13,15H,4-5,10-12H2,1-3H3,(H,19,21). The van der Waals surface area contributed by atoms with E-state index in [4.69, 9.17) is 4.74 Å². The predicted octanol–water partition coefficient (Wildman–Crippen LogP) is 3.63. The molecule has 1 unspecified atom stereocenters. The highest BCUT2D eigenvalue weighted by atomic mass is 32.2. The molecule has 144 valence electrons. The second kappa shape index (κ2) is 11.5. The van der Waals surface area contributed by atoms with E-state index in [2.05, 4.69) is 12.2 Å². The second-order valence-electron chi connectivity index (χ2n) is 6.08. The molecule has 0 radical (unpaired) electrons. The number of hydrogen-bond donors (Lipinski definition) is 1. The van der Waals surface area contributed by atoms with E-state index in [1.165, 1.54) is 17.8 Å². The number of ether oxygens (including phenoxy) is 1. The normalized spacial score (nSPS) is 11.8. The van der Waals surface area contributed by atoms with Gasteiger partial charge in [-0.05, 0) is 26.0 Å². The smallest absolute Gasteiger partial charge is 0.308 e. The van der Waals surface area contributed by atoms with Gasteiger partial charge in [0, 0.05) is 6.07 Å². The van der Waals surface area contributed by atoms with Gasteiger partial charge in [-0.3, -0.25) is 19.7 Å². The number of rotatable bonds is 11. The fourth-order valence-electron chi connectivity index (χ4n) is 2.31. The maximum atomic E-state index is 12.2. The summed E-state index contributed by atoms with van der Waals surface area (Å²) in [5, 5.41) is 14.0. The summed E-state index contributed by atoms with van der Waals surface area (Å²) in [7, 11) is 0. The number of carbonyl (C=O) groups is 2. The van der Waals surface area contributed by atoms with Crippen molar-refractivity contribution in [2.45, 2.75) is 52.2 Å². The molecule has 1 rings (SSSR count). The number of hydrogen-bond acceptors (Lipinski definition) is 6. The Morgan fingerprint density at radius 3 is 2.62 bits per heavy atom. The third-order valence-corrected chi connectivity index (χ3v) is 4.50. The Hall–Kier alpha value is -2.09. The molecular formula is C18H26N2O5S. The average Bonchev–Trinajstić information content (AvgIpc) is 2.57. The quantitative estimate of drug-likeness (QED) is 0.272. The zero-order valence-electron chi connectivity index (χ0n) is 15.4. The highest BCUT2D eigenvalue weighted by Gasteiger charge is 2.26. The van der Waals surface area contributed by atoms with Crippen molar-refractivity contribution in [3.05, 3.63) is 39.9 Å². The highest BCUT2D eigenvalue weighted by molar-refractivity contribution is 7.99. The number of benzene rings is 1. The van der Waals surface area contributed by atoms with Crippen molar-refractivity contribution in [1.82, 2.24) is 5.32 Å². The predicted molar refractivity (Wildman–Crippen MR) is 102 cm³/mol. The molecule has 7 nitrogen and oxygen atoms in total. The summed E-state index contributed by atoms with van der Waals surface area (Å²) in [4.78, 5) is 35.0. The molecular weight excluding hydrogens is 356 g/mol. The van der Waals surface area contributed by atoms with Gasteiger partial charge in [-0.25, -0.2) is 0 Å². The number of esters is 1. The van der Waals surface area contributed by atoms with Gasteiger partial charge in [0.1, 0.15) is 0 Å². The van der Waals surface area contributed by atoms with Crippen LogP contribution in [-0.4, -0.2) is 34.4 Å². The van der Waals surface area contributed by atoms with Crippen molar-refractivity contribution >= 4 is 29.3 Å². The minimum Gasteiger partial charge on any atom is -0.463 e. The molecule has 0 aliphatic heterocycles. The van der Waals surface area contributed by atoms with E-state index < -0.39 is 16.9 Å². The summed E-state index contributed by atoms with van der Waals surface area (Å²) in [5.74, 6) is 0.347. The zero-order valence-corrected chi connectivity index (χ0v) is 16.2. The van der Waals surface area contributed by atoms with Crippen LogP contribution in [-0.2, 0) is 14.3 Å². The van der Waals surface area contributed by atoms with Crippen LogP contribution >= 0.6 is 11.8 Å². The lowest BCUT2D eigenvalue weighted by molar-refractivity contribution is -0.385. The van der Waals surface area contributed by atoms with E-state index in [9.17, 15) is 19.7 Å². The van der Waals surface area contributed by atoms with E-state index in [1.54, 1.807) is 32.0 Å². The largest absolute Gasteiger partial charge is 0.463 e. The summed E-state index contributed by atoms with van der Waals surface area (Å²) >= 11 is 1.50. The molecule has 0 bridgehead atoms. The summed E-state index contributed by atoms with van der Waals surface area (Å²) < 4.78 is 5.13. The average molecular weight is 382 g/mol. The summed E-state index contributed by atoms with van der Waals surface area (Å²) in [6, 6.07) is 5.30. The third-order valence-electron chi connectivity index (χ3n) is 3.46. The Kier molecular flexibility index (Phi) is 9.72. The van der Waals surface area contributed by atoms with Crippen LogP contribution in [0.1, 0.15) is 51.6 Å². The SMILES string of the molecule is CCCCSCC(=O)NC(CC(=O)OC(C)C)c1ccccc1[N+](=O)[O-]. The number of nitrogens with one attached hydrogen (secondary N) is 1. The number of nitro benzene ring substituents is 1. The molecule has 1 atom stereocenters. The topological polar surface area (TPSA) is 98.5 Å². The van der Waals surface area contributed by atoms with Crippen LogP contribution in [0.2, 0.25) is 0 Å². The third kappa shape index (κ3) is 7.86. The molecule has 0 spiro atoms. The van der Waals surface area contributed by atoms with Crippen molar-refractivity contribution in [1.29, 1.82) is 0 Å². The van der Waals surface area contributed by atoms with E-state index >= 15 is 0 Å². The minimum absolute atomic E-state index is 0.131. The first-order chi connectivity index (χ1) is 12.3. The number of thioether (sulfide) groups is 1. The first-order valence-corrected chi connectivity index (χ1v) is 9.80. The van der Waals surface area contributed by atoms with E-state index in [-0.39, 0.29) is 29.9 Å². The lowest BCUT2D eigenvalue weighted by atomic mass is 10.0. The van der Waals surface area contributed by atoms with Gasteiger partial charge in [-0.15, -0.1) is 0 Å². The Morgan fingerprint density at radius 2 is 2.00 bits per heavy atom. The van der Waals surface area contributed by atoms with Crippen LogP contribution in [0.4, 0.5) is 5.69 Å². The first kappa shape index (κ1) is 22.0. The molecule has 0 heterocycles. The molecule has 1 amide bonds. The summed E-state index contributed by atoms with van der Waals surface area (Å²) in [6.07, 6.45) is 1.61.